The summed E-state index contributed by atoms with van der Waals surface area (Å²) in [6.45, 7) is 1.33. The van der Waals surface area contributed by atoms with E-state index in [9.17, 15) is 22.0 Å². The summed E-state index contributed by atoms with van der Waals surface area (Å²) in [4.78, 5) is 10.3. The standard InChI is InChI=1S/C11H12F2O4S/c1-6(11(14)15)3-7-4-8(18(2,16)17)5-9(12)10(7)13/h4-6H,3H2,1-2H3,(H,14,15). The third-order valence-corrected chi connectivity index (χ3v) is 3.54. The number of benzene rings is 1. The molecule has 0 saturated heterocycles. The van der Waals surface area contributed by atoms with Crippen LogP contribution in [0.25, 0.3) is 0 Å². The fourth-order valence-electron chi connectivity index (χ4n) is 1.40. The van der Waals surface area contributed by atoms with Crippen LogP contribution in [0.15, 0.2) is 17.0 Å². The van der Waals surface area contributed by atoms with Crippen LogP contribution in [-0.2, 0) is 21.1 Å². The third-order valence-electron chi connectivity index (χ3n) is 2.45. The third kappa shape index (κ3) is 3.25. The van der Waals surface area contributed by atoms with Gasteiger partial charge in [0.25, 0.3) is 0 Å². The summed E-state index contributed by atoms with van der Waals surface area (Å²) in [6, 6.07) is 1.55. The second-order valence-corrected chi connectivity index (χ2v) is 6.11. The van der Waals surface area contributed by atoms with Crippen LogP contribution >= 0.6 is 0 Å². The molecular formula is C11H12F2O4S. The summed E-state index contributed by atoms with van der Waals surface area (Å²) in [6.07, 6.45) is 0.589. The van der Waals surface area contributed by atoms with Crippen molar-refractivity contribution in [3.63, 3.8) is 0 Å². The Morgan fingerprint density at radius 3 is 2.39 bits per heavy atom. The lowest BCUT2D eigenvalue weighted by atomic mass is 10.0. The van der Waals surface area contributed by atoms with Gasteiger partial charge in [-0.1, -0.05) is 6.92 Å². The Morgan fingerprint density at radius 2 is 1.94 bits per heavy atom. The first-order valence-electron chi connectivity index (χ1n) is 5.03. The SMILES string of the molecule is CC(Cc1cc(S(C)(=O)=O)cc(F)c1F)C(=O)O. The summed E-state index contributed by atoms with van der Waals surface area (Å²) in [5.74, 6) is -4.62. The van der Waals surface area contributed by atoms with Crippen molar-refractivity contribution in [1.29, 1.82) is 0 Å². The van der Waals surface area contributed by atoms with Crippen LogP contribution in [0.1, 0.15) is 12.5 Å². The lowest BCUT2D eigenvalue weighted by Gasteiger charge is -2.09. The molecule has 1 atom stereocenters. The zero-order valence-corrected chi connectivity index (χ0v) is 10.6. The van der Waals surface area contributed by atoms with Crippen molar-refractivity contribution < 1.29 is 27.1 Å². The molecule has 0 aliphatic rings. The average Bonchev–Trinajstić information content (AvgIpc) is 2.22. The number of sulfone groups is 1. The molecule has 0 aliphatic heterocycles. The minimum Gasteiger partial charge on any atom is -0.481 e. The molecular weight excluding hydrogens is 266 g/mol. The summed E-state index contributed by atoms with van der Waals surface area (Å²) < 4.78 is 49.2. The molecule has 7 heteroatoms. The van der Waals surface area contributed by atoms with E-state index >= 15 is 0 Å². The highest BCUT2D eigenvalue weighted by Crippen LogP contribution is 2.21. The number of rotatable bonds is 4. The Bertz CT molecular complexity index is 581. The molecule has 1 unspecified atom stereocenters. The van der Waals surface area contributed by atoms with E-state index in [1.165, 1.54) is 6.92 Å². The molecule has 0 radical (unpaired) electrons. The predicted molar refractivity (Wildman–Crippen MR) is 60.0 cm³/mol. The van der Waals surface area contributed by atoms with Crippen LogP contribution in [0.3, 0.4) is 0 Å². The number of aliphatic carboxylic acids is 1. The minimum absolute atomic E-state index is 0.259. The number of carboxylic acids is 1. The Morgan fingerprint density at radius 1 is 1.39 bits per heavy atom. The summed E-state index contributed by atoms with van der Waals surface area (Å²) >= 11 is 0. The Hall–Kier alpha value is -1.50. The number of hydrogen-bond donors (Lipinski definition) is 1. The smallest absolute Gasteiger partial charge is 0.306 e. The molecule has 18 heavy (non-hydrogen) atoms. The maximum Gasteiger partial charge on any atom is 0.306 e. The Balaban J connectivity index is 3.27. The van der Waals surface area contributed by atoms with Gasteiger partial charge in [0.05, 0.1) is 10.8 Å². The second kappa shape index (κ2) is 5.01. The number of carbonyl (C=O) groups is 1. The molecule has 1 N–H and O–H groups in total. The molecule has 0 saturated carbocycles. The van der Waals surface area contributed by atoms with E-state index in [2.05, 4.69) is 0 Å². The number of carboxylic acid groups (broad SMARTS) is 1. The van der Waals surface area contributed by atoms with Crippen LogP contribution < -0.4 is 0 Å². The van der Waals surface area contributed by atoms with Crippen LogP contribution in [0.2, 0.25) is 0 Å². The van der Waals surface area contributed by atoms with Gasteiger partial charge in [0, 0.05) is 6.26 Å². The van der Waals surface area contributed by atoms with Gasteiger partial charge in [-0.25, -0.2) is 17.2 Å². The number of hydrogen-bond acceptors (Lipinski definition) is 3. The first-order valence-corrected chi connectivity index (χ1v) is 6.93. The maximum atomic E-state index is 13.4. The molecule has 4 nitrogen and oxygen atoms in total. The summed E-state index contributed by atoms with van der Waals surface area (Å²) in [5, 5.41) is 8.70. The van der Waals surface area contributed by atoms with Crippen molar-refractivity contribution in [2.24, 2.45) is 5.92 Å². The number of halogens is 2. The van der Waals surface area contributed by atoms with Crippen LogP contribution in [0.4, 0.5) is 8.78 Å². The topological polar surface area (TPSA) is 71.4 Å². The molecule has 0 fully saturated rings. The molecule has 0 bridgehead atoms. The van der Waals surface area contributed by atoms with E-state index in [4.69, 9.17) is 5.11 Å². The lowest BCUT2D eigenvalue weighted by Crippen LogP contribution is -2.14. The first kappa shape index (κ1) is 14.6. The minimum atomic E-state index is -3.67. The highest BCUT2D eigenvalue weighted by Gasteiger charge is 2.20. The fraction of sp³-hybridized carbons (Fsp3) is 0.364. The van der Waals surface area contributed by atoms with Crippen molar-refractivity contribution in [3.05, 3.63) is 29.3 Å². The van der Waals surface area contributed by atoms with Crippen molar-refractivity contribution in [2.75, 3.05) is 6.26 Å². The molecule has 0 amide bonds. The average molecular weight is 278 g/mol. The van der Waals surface area contributed by atoms with Gasteiger partial charge in [0.15, 0.2) is 21.5 Å². The van der Waals surface area contributed by atoms with Gasteiger partial charge in [-0.2, -0.15) is 0 Å². The van der Waals surface area contributed by atoms with Crippen LogP contribution in [0.5, 0.6) is 0 Å². The Kier molecular flexibility index (Phi) is 4.05. The normalized spacial score (nSPS) is 13.3. The summed E-state index contributed by atoms with van der Waals surface area (Å²) in [7, 11) is -3.67. The van der Waals surface area contributed by atoms with Crippen molar-refractivity contribution in [1.82, 2.24) is 0 Å². The molecule has 0 heterocycles. The van der Waals surface area contributed by atoms with E-state index < -0.39 is 33.4 Å². The van der Waals surface area contributed by atoms with Crippen molar-refractivity contribution >= 4 is 15.8 Å². The molecule has 1 aromatic carbocycles. The Labute approximate surface area is 103 Å². The second-order valence-electron chi connectivity index (χ2n) is 4.09. The van der Waals surface area contributed by atoms with E-state index in [0.29, 0.717) is 6.07 Å². The molecule has 0 aromatic heterocycles. The molecule has 0 spiro atoms. The van der Waals surface area contributed by atoms with Crippen LogP contribution in [0, 0.1) is 17.6 Å². The van der Waals surface area contributed by atoms with Gasteiger partial charge >= 0.3 is 5.97 Å². The van der Waals surface area contributed by atoms with Crippen LogP contribution in [-0.4, -0.2) is 25.7 Å². The molecule has 100 valence electrons. The largest absolute Gasteiger partial charge is 0.481 e. The quantitative estimate of drug-likeness (QED) is 0.850. The van der Waals surface area contributed by atoms with Crippen molar-refractivity contribution in [3.8, 4) is 0 Å². The van der Waals surface area contributed by atoms with E-state index in [-0.39, 0.29) is 16.9 Å². The predicted octanol–water partition coefficient (Wildman–Crippen LogP) is 1.63. The van der Waals surface area contributed by atoms with E-state index in [1.54, 1.807) is 0 Å². The van der Waals surface area contributed by atoms with Gasteiger partial charge < -0.3 is 5.11 Å². The van der Waals surface area contributed by atoms with Gasteiger partial charge in [-0.05, 0) is 24.1 Å². The monoisotopic (exact) mass is 278 g/mol. The highest BCUT2D eigenvalue weighted by molar-refractivity contribution is 7.90. The van der Waals surface area contributed by atoms with E-state index in [0.717, 1.165) is 12.3 Å². The highest BCUT2D eigenvalue weighted by atomic mass is 32.2. The zero-order chi connectivity index (χ0) is 14.1. The first-order chi connectivity index (χ1) is 8.12. The summed E-state index contributed by atoms with van der Waals surface area (Å²) in [5.41, 5.74) is -0.259. The molecule has 1 rings (SSSR count). The lowest BCUT2D eigenvalue weighted by molar-refractivity contribution is -0.141. The maximum absolute atomic E-state index is 13.4. The fourth-order valence-corrected chi connectivity index (χ4v) is 2.07. The van der Waals surface area contributed by atoms with Gasteiger partial charge in [-0.3, -0.25) is 4.79 Å². The molecule has 0 aliphatic carbocycles. The van der Waals surface area contributed by atoms with Crippen molar-refractivity contribution in [2.45, 2.75) is 18.2 Å². The zero-order valence-electron chi connectivity index (χ0n) is 9.78. The molecule has 1 aromatic rings. The van der Waals surface area contributed by atoms with Gasteiger partial charge in [-0.15, -0.1) is 0 Å². The van der Waals surface area contributed by atoms with Gasteiger partial charge in [0.1, 0.15) is 0 Å². The van der Waals surface area contributed by atoms with E-state index in [1.807, 2.05) is 0 Å². The van der Waals surface area contributed by atoms with Gasteiger partial charge in [0.2, 0.25) is 0 Å².